The van der Waals surface area contributed by atoms with E-state index >= 15 is 0 Å². The van der Waals surface area contributed by atoms with Gasteiger partial charge in [0.05, 0.1) is 10.5 Å². The van der Waals surface area contributed by atoms with Crippen molar-refractivity contribution in [3.63, 3.8) is 0 Å². The Bertz CT molecular complexity index is 497. The molecule has 2 aromatic rings. The molecule has 0 saturated carbocycles. The Morgan fingerprint density at radius 2 is 2.06 bits per heavy atom. The maximum atomic E-state index is 5.95. The van der Waals surface area contributed by atoms with E-state index in [-0.39, 0.29) is 0 Å². The van der Waals surface area contributed by atoms with Crippen LogP contribution in [0.2, 0.25) is 10.2 Å². The van der Waals surface area contributed by atoms with Crippen molar-refractivity contribution in [3.05, 3.63) is 22.1 Å². The van der Waals surface area contributed by atoms with Crippen LogP contribution in [-0.2, 0) is 0 Å². The van der Waals surface area contributed by atoms with Gasteiger partial charge >= 0.3 is 0 Å². The molecule has 0 saturated heterocycles. The smallest absolute Gasteiger partial charge is 0.179 e. The lowest BCUT2D eigenvalue weighted by molar-refractivity contribution is 0.549. The molecule has 1 atom stereocenters. The van der Waals surface area contributed by atoms with Crippen molar-refractivity contribution in [2.45, 2.75) is 45.4 Å². The molecular formula is C13H17Cl2N3. The quantitative estimate of drug-likeness (QED) is 0.790. The first kappa shape index (κ1) is 13.6. The molecule has 1 N–H and O–H groups in total. The van der Waals surface area contributed by atoms with Gasteiger partial charge in [-0.15, -0.1) is 0 Å². The fourth-order valence-corrected chi connectivity index (χ4v) is 2.38. The summed E-state index contributed by atoms with van der Waals surface area (Å²) in [4.78, 5) is 12.0. The number of nitrogens with zero attached hydrogens (tertiary/aromatic N) is 2. The Hall–Kier alpha value is -0.800. The number of unbranched alkanes of at least 4 members (excludes halogenated alkanes) is 1. The molecule has 0 aromatic carbocycles. The normalized spacial score (nSPS) is 13.1. The minimum absolute atomic E-state index is 0.309. The fourth-order valence-electron chi connectivity index (χ4n) is 2.09. The van der Waals surface area contributed by atoms with Gasteiger partial charge in [-0.25, -0.2) is 9.97 Å². The number of fused-ring (bicyclic) bond motifs is 1. The predicted molar refractivity (Wildman–Crippen MR) is 76.5 cm³/mol. The molecule has 5 heteroatoms. The first-order valence-corrected chi connectivity index (χ1v) is 7.13. The largest absolute Gasteiger partial charge is 0.340 e. The number of hydrogen-bond donors (Lipinski definition) is 1. The van der Waals surface area contributed by atoms with E-state index in [0.717, 1.165) is 24.2 Å². The highest BCUT2D eigenvalue weighted by atomic mass is 35.5. The molecule has 0 aliphatic heterocycles. The molecule has 2 aromatic heterocycles. The number of pyridine rings is 1. The zero-order valence-electron chi connectivity index (χ0n) is 10.6. The highest BCUT2D eigenvalue weighted by Gasteiger charge is 2.15. The monoisotopic (exact) mass is 285 g/mol. The van der Waals surface area contributed by atoms with Crippen LogP contribution in [-0.4, -0.2) is 15.0 Å². The van der Waals surface area contributed by atoms with Gasteiger partial charge in [-0.2, -0.15) is 0 Å². The van der Waals surface area contributed by atoms with Gasteiger partial charge in [0, 0.05) is 5.92 Å². The lowest BCUT2D eigenvalue weighted by atomic mass is 9.99. The van der Waals surface area contributed by atoms with Crippen LogP contribution in [0.15, 0.2) is 6.07 Å². The second-order valence-electron chi connectivity index (χ2n) is 4.50. The summed E-state index contributed by atoms with van der Waals surface area (Å²) in [6, 6.07) is 1.79. The van der Waals surface area contributed by atoms with Gasteiger partial charge in [-0.1, -0.05) is 49.9 Å². The molecule has 2 heterocycles. The number of aromatic amines is 1. The molecule has 0 fully saturated rings. The number of nitrogens with one attached hydrogen (secondary N) is 1. The summed E-state index contributed by atoms with van der Waals surface area (Å²) in [6.07, 6.45) is 4.63. The lowest BCUT2D eigenvalue weighted by Crippen LogP contribution is -1.99. The molecule has 0 bridgehead atoms. The second-order valence-corrected chi connectivity index (χ2v) is 5.27. The SMILES string of the molecule is CCCCC(CC)c1nc2nc(Cl)c(Cl)cc2[nH]1. The van der Waals surface area contributed by atoms with Gasteiger partial charge in [0.1, 0.15) is 11.0 Å². The van der Waals surface area contributed by atoms with E-state index in [0.29, 0.717) is 21.7 Å². The number of hydrogen-bond acceptors (Lipinski definition) is 2. The van der Waals surface area contributed by atoms with Crippen LogP contribution in [0.5, 0.6) is 0 Å². The van der Waals surface area contributed by atoms with E-state index in [1.54, 1.807) is 6.07 Å². The van der Waals surface area contributed by atoms with Gasteiger partial charge < -0.3 is 4.98 Å². The number of aromatic nitrogens is 3. The van der Waals surface area contributed by atoms with Gasteiger partial charge in [-0.3, -0.25) is 0 Å². The Kier molecular flexibility index (Phi) is 4.46. The Morgan fingerprint density at radius 3 is 2.72 bits per heavy atom. The minimum atomic E-state index is 0.309. The maximum absolute atomic E-state index is 5.95. The Morgan fingerprint density at radius 1 is 1.28 bits per heavy atom. The van der Waals surface area contributed by atoms with Gasteiger partial charge in [0.2, 0.25) is 0 Å². The summed E-state index contributed by atoms with van der Waals surface area (Å²) >= 11 is 11.8. The van der Waals surface area contributed by atoms with Crippen molar-refractivity contribution >= 4 is 34.4 Å². The van der Waals surface area contributed by atoms with E-state index in [1.807, 2.05) is 0 Å². The third-order valence-electron chi connectivity index (χ3n) is 3.19. The predicted octanol–water partition coefficient (Wildman–Crippen LogP) is 4.95. The molecule has 0 radical (unpaired) electrons. The summed E-state index contributed by atoms with van der Waals surface area (Å²) in [6.45, 7) is 4.38. The van der Waals surface area contributed by atoms with Crippen LogP contribution in [0.1, 0.15) is 51.3 Å². The van der Waals surface area contributed by atoms with Crippen LogP contribution in [0.25, 0.3) is 11.2 Å². The zero-order chi connectivity index (χ0) is 13.1. The Labute approximate surface area is 117 Å². The zero-order valence-corrected chi connectivity index (χ0v) is 12.1. The third-order valence-corrected chi connectivity index (χ3v) is 3.86. The fraction of sp³-hybridized carbons (Fsp3) is 0.538. The van der Waals surface area contributed by atoms with E-state index in [1.165, 1.54) is 12.8 Å². The molecule has 3 nitrogen and oxygen atoms in total. The average Bonchev–Trinajstić information content (AvgIpc) is 2.73. The van der Waals surface area contributed by atoms with Crippen molar-refractivity contribution in [2.24, 2.45) is 0 Å². The van der Waals surface area contributed by atoms with Crippen LogP contribution in [0.4, 0.5) is 0 Å². The number of H-pyrrole nitrogens is 1. The van der Waals surface area contributed by atoms with E-state index < -0.39 is 0 Å². The highest BCUT2D eigenvalue weighted by Crippen LogP contribution is 2.28. The third kappa shape index (κ3) is 2.78. The summed E-state index contributed by atoms with van der Waals surface area (Å²) in [5.41, 5.74) is 1.50. The van der Waals surface area contributed by atoms with Crippen LogP contribution >= 0.6 is 23.2 Å². The van der Waals surface area contributed by atoms with Gasteiger partial charge in [-0.05, 0) is 18.9 Å². The Balaban J connectivity index is 2.33. The first-order chi connectivity index (χ1) is 8.65. The van der Waals surface area contributed by atoms with Gasteiger partial charge in [0.25, 0.3) is 0 Å². The average molecular weight is 286 g/mol. The molecule has 1 unspecified atom stereocenters. The first-order valence-electron chi connectivity index (χ1n) is 6.37. The molecule has 2 rings (SSSR count). The summed E-state index contributed by atoms with van der Waals surface area (Å²) < 4.78 is 0. The van der Waals surface area contributed by atoms with E-state index in [9.17, 15) is 0 Å². The second kappa shape index (κ2) is 5.89. The number of imidazole rings is 1. The molecule has 18 heavy (non-hydrogen) atoms. The molecule has 0 spiro atoms. The van der Waals surface area contributed by atoms with Crippen molar-refractivity contribution in [1.82, 2.24) is 15.0 Å². The topological polar surface area (TPSA) is 41.6 Å². The highest BCUT2D eigenvalue weighted by molar-refractivity contribution is 6.41. The standard InChI is InChI=1S/C13H17Cl2N3/c1-3-5-6-8(4-2)12-16-10-7-9(14)11(15)17-13(10)18-12/h7-8H,3-6H2,1-2H3,(H,16,17,18). The van der Waals surface area contributed by atoms with Crippen molar-refractivity contribution in [1.29, 1.82) is 0 Å². The van der Waals surface area contributed by atoms with E-state index in [4.69, 9.17) is 23.2 Å². The summed E-state index contributed by atoms with van der Waals surface area (Å²) in [5.74, 6) is 1.45. The molecule has 98 valence electrons. The van der Waals surface area contributed by atoms with Crippen LogP contribution < -0.4 is 0 Å². The van der Waals surface area contributed by atoms with Crippen LogP contribution in [0, 0.1) is 0 Å². The lowest BCUT2D eigenvalue weighted by Gasteiger charge is -2.10. The van der Waals surface area contributed by atoms with Crippen molar-refractivity contribution in [2.75, 3.05) is 0 Å². The number of rotatable bonds is 5. The van der Waals surface area contributed by atoms with Gasteiger partial charge in [0.15, 0.2) is 5.65 Å². The van der Waals surface area contributed by atoms with Crippen molar-refractivity contribution < 1.29 is 0 Å². The summed E-state index contributed by atoms with van der Waals surface area (Å²) in [5, 5.41) is 0.768. The molecule has 0 aliphatic rings. The summed E-state index contributed by atoms with van der Waals surface area (Å²) in [7, 11) is 0. The van der Waals surface area contributed by atoms with Crippen LogP contribution in [0.3, 0.4) is 0 Å². The molecule has 0 amide bonds. The number of halogens is 2. The van der Waals surface area contributed by atoms with Crippen molar-refractivity contribution in [3.8, 4) is 0 Å². The molecular weight excluding hydrogens is 269 g/mol. The molecule has 0 aliphatic carbocycles. The maximum Gasteiger partial charge on any atom is 0.179 e. The van der Waals surface area contributed by atoms with E-state index in [2.05, 4.69) is 28.8 Å². The minimum Gasteiger partial charge on any atom is -0.340 e.